The van der Waals surface area contributed by atoms with Gasteiger partial charge in [0.25, 0.3) is 0 Å². The molecule has 1 heterocycles. The smallest absolute Gasteiger partial charge is 0.307 e. The zero-order valence-electron chi connectivity index (χ0n) is 11.6. The number of carboxylic acid groups (broad SMARTS) is 1. The number of rotatable bonds is 3. The molecular formula is C14H18N2O3S. The Balaban J connectivity index is 1.77. The van der Waals surface area contributed by atoms with E-state index in [1.807, 2.05) is 6.92 Å². The van der Waals surface area contributed by atoms with Gasteiger partial charge in [-0.25, -0.2) is 4.98 Å². The van der Waals surface area contributed by atoms with E-state index in [1.165, 1.54) is 4.88 Å². The molecule has 0 bridgehead atoms. The number of carboxylic acids is 1. The quantitative estimate of drug-likeness (QED) is 0.925. The molecule has 6 heteroatoms. The second-order valence-electron chi connectivity index (χ2n) is 5.69. The van der Waals surface area contributed by atoms with Gasteiger partial charge < -0.3 is 10.0 Å². The van der Waals surface area contributed by atoms with E-state index in [1.54, 1.807) is 23.3 Å². The Bertz CT molecular complexity index is 569. The summed E-state index contributed by atoms with van der Waals surface area (Å²) in [4.78, 5) is 30.8. The first-order valence-electron chi connectivity index (χ1n) is 6.94. The molecule has 1 aromatic rings. The molecule has 0 saturated heterocycles. The number of fused-ring (bicyclic) bond motifs is 1. The molecule has 0 spiro atoms. The predicted octanol–water partition coefficient (Wildman–Crippen LogP) is 2.01. The van der Waals surface area contributed by atoms with Gasteiger partial charge in [-0.15, -0.1) is 11.3 Å². The summed E-state index contributed by atoms with van der Waals surface area (Å²) < 4.78 is 0. The van der Waals surface area contributed by atoms with Crippen molar-refractivity contribution in [3.05, 3.63) is 15.6 Å². The van der Waals surface area contributed by atoms with Gasteiger partial charge in [-0.3, -0.25) is 9.59 Å². The number of hydrogen-bond donors (Lipinski definition) is 1. The predicted molar refractivity (Wildman–Crippen MR) is 74.5 cm³/mol. The number of thiazole rings is 1. The second kappa shape index (κ2) is 4.84. The van der Waals surface area contributed by atoms with Gasteiger partial charge in [0, 0.05) is 7.05 Å². The number of aryl methyl sites for hydroxylation is 2. The molecule has 1 amide bonds. The van der Waals surface area contributed by atoms with Crippen LogP contribution in [0.1, 0.15) is 40.9 Å². The van der Waals surface area contributed by atoms with Crippen molar-refractivity contribution >= 4 is 23.2 Å². The van der Waals surface area contributed by atoms with Crippen molar-refractivity contribution in [3.8, 4) is 0 Å². The van der Waals surface area contributed by atoms with E-state index in [0.29, 0.717) is 6.42 Å². The zero-order chi connectivity index (χ0) is 14.4. The molecule has 5 nitrogen and oxygen atoms in total. The van der Waals surface area contributed by atoms with E-state index in [9.17, 15) is 9.59 Å². The lowest BCUT2D eigenvalue weighted by molar-refractivity contribution is -0.142. The van der Waals surface area contributed by atoms with Crippen molar-refractivity contribution in [1.82, 2.24) is 9.88 Å². The highest BCUT2D eigenvalue weighted by molar-refractivity contribution is 7.11. The van der Waals surface area contributed by atoms with Crippen LogP contribution in [-0.4, -0.2) is 33.9 Å². The van der Waals surface area contributed by atoms with Crippen LogP contribution in [0.5, 0.6) is 0 Å². The fourth-order valence-corrected chi connectivity index (χ4v) is 4.20. The van der Waals surface area contributed by atoms with Crippen molar-refractivity contribution in [1.29, 1.82) is 0 Å². The van der Waals surface area contributed by atoms with Crippen molar-refractivity contribution in [3.63, 3.8) is 0 Å². The van der Waals surface area contributed by atoms with Crippen LogP contribution in [0.25, 0.3) is 0 Å². The number of carbonyl (C=O) groups excluding carboxylic acids is 1. The SMILES string of the molecule is Cc1nc2c(s1)[C@H](N(C)C(=O)[C@@H]1C[C@H]1C(=O)O)CCC2. The average Bonchev–Trinajstić information content (AvgIpc) is 3.12. The number of carbonyl (C=O) groups is 2. The summed E-state index contributed by atoms with van der Waals surface area (Å²) >= 11 is 1.66. The van der Waals surface area contributed by atoms with E-state index in [4.69, 9.17) is 5.11 Å². The number of aliphatic carboxylic acids is 1. The molecule has 2 aliphatic rings. The van der Waals surface area contributed by atoms with Gasteiger partial charge in [-0.05, 0) is 32.6 Å². The molecule has 3 atom stereocenters. The van der Waals surface area contributed by atoms with Crippen LogP contribution in [0.15, 0.2) is 0 Å². The first-order chi connectivity index (χ1) is 9.49. The zero-order valence-corrected chi connectivity index (χ0v) is 12.4. The number of nitrogens with zero attached hydrogens (tertiary/aromatic N) is 2. The monoisotopic (exact) mass is 294 g/mol. The van der Waals surface area contributed by atoms with Crippen molar-refractivity contribution in [2.75, 3.05) is 7.05 Å². The molecule has 3 rings (SSSR count). The molecule has 20 heavy (non-hydrogen) atoms. The van der Waals surface area contributed by atoms with E-state index in [2.05, 4.69) is 4.98 Å². The summed E-state index contributed by atoms with van der Waals surface area (Å²) in [5.74, 6) is -1.68. The lowest BCUT2D eigenvalue weighted by Gasteiger charge is -2.30. The maximum Gasteiger partial charge on any atom is 0.307 e. The Hall–Kier alpha value is -1.43. The molecule has 0 aromatic carbocycles. The van der Waals surface area contributed by atoms with Gasteiger partial charge in [0.05, 0.1) is 33.5 Å². The summed E-state index contributed by atoms with van der Waals surface area (Å²) in [6.45, 7) is 1.99. The Labute approximate surface area is 121 Å². The molecule has 108 valence electrons. The van der Waals surface area contributed by atoms with Crippen LogP contribution in [0.2, 0.25) is 0 Å². The summed E-state index contributed by atoms with van der Waals surface area (Å²) in [6, 6.07) is 0.0764. The third kappa shape index (κ3) is 2.22. The van der Waals surface area contributed by atoms with E-state index in [-0.39, 0.29) is 17.9 Å². The van der Waals surface area contributed by atoms with Gasteiger partial charge in [0.2, 0.25) is 5.91 Å². The normalized spacial score (nSPS) is 27.8. The largest absolute Gasteiger partial charge is 0.481 e. The maximum absolute atomic E-state index is 12.4. The lowest BCUT2D eigenvalue weighted by Crippen LogP contribution is -2.34. The van der Waals surface area contributed by atoms with E-state index < -0.39 is 11.9 Å². The fraction of sp³-hybridized carbons (Fsp3) is 0.643. The van der Waals surface area contributed by atoms with Gasteiger partial charge in [0.1, 0.15) is 0 Å². The molecule has 0 aliphatic heterocycles. The van der Waals surface area contributed by atoms with Crippen LogP contribution in [-0.2, 0) is 16.0 Å². The highest BCUT2D eigenvalue weighted by Gasteiger charge is 2.50. The molecule has 2 aliphatic carbocycles. The fourth-order valence-electron chi connectivity index (χ4n) is 3.04. The molecule has 0 radical (unpaired) electrons. The van der Waals surface area contributed by atoms with Crippen LogP contribution in [0.3, 0.4) is 0 Å². The Morgan fingerprint density at radius 3 is 2.80 bits per heavy atom. The number of aromatic nitrogens is 1. The molecular weight excluding hydrogens is 276 g/mol. The van der Waals surface area contributed by atoms with Crippen LogP contribution in [0, 0.1) is 18.8 Å². The Morgan fingerprint density at radius 2 is 2.15 bits per heavy atom. The Morgan fingerprint density at radius 1 is 1.40 bits per heavy atom. The minimum absolute atomic E-state index is 0.0266. The molecule has 1 fully saturated rings. The summed E-state index contributed by atoms with van der Waals surface area (Å²) in [7, 11) is 1.80. The van der Waals surface area contributed by atoms with Gasteiger partial charge >= 0.3 is 5.97 Å². The van der Waals surface area contributed by atoms with Crippen molar-refractivity contribution in [2.45, 2.75) is 38.6 Å². The van der Waals surface area contributed by atoms with E-state index in [0.717, 1.165) is 30.0 Å². The highest BCUT2D eigenvalue weighted by Crippen LogP contribution is 2.43. The minimum Gasteiger partial charge on any atom is -0.481 e. The topological polar surface area (TPSA) is 70.5 Å². The summed E-state index contributed by atoms with van der Waals surface area (Å²) in [6.07, 6.45) is 3.45. The van der Waals surface area contributed by atoms with Crippen molar-refractivity contribution in [2.24, 2.45) is 11.8 Å². The average molecular weight is 294 g/mol. The first kappa shape index (κ1) is 13.5. The summed E-state index contributed by atoms with van der Waals surface area (Å²) in [5, 5.41) is 9.99. The standard InChI is InChI=1S/C14H18N2O3S/c1-7-15-10-4-3-5-11(12(10)20-7)16(2)13(17)8-6-9(8)14(18)19/h8-9,11H,3-6H2,1-2H3,(H,18,19)/t8-,9-,11-/m1/s1. The van der Waals surface area contributed by atoms with Crippen molar-refractivity contribution < 1.29 is 14.7 Å². The number of amides is 1. The maximum atomic E-state index is 12.4. The molecule has 1 N–H and O–H groups in total. The first-order valence-corrected chi connectivity index (χ1v) is 7.76. The lowest BCUT2D eigenvalue weighted by atomic mass is 9.96. The molecule has 1 saturated carbocycles. The minimum atomic E-state index is -0.852. The summed E-state index contributed by atoms with van der Waals surface area (Å²) in [5.41, 5.74) is 1.12. The van der Waals surface area contributed by atoms with Gasteiger partial charge in [-0.2, -0.15) is 0 Å². The van der Waals surface area contributed by atoms with E-state index >= 15 is 0 Å². The number of hydrogen-bond acceptors (Lipinski definition) is 4. The third-order valence-corrected chi connectivity index (χ3v) is 5.38. The van der Waals surface area contributed by atoms with Gasteiger partial charge in [-0.1, -0.05) is 0 Å². The molecule has 0 unspecified atom stereocenters. The third-order valence-electron chi connectivity index (χ3n) is 4.27. The second-order valence-corrected chi connectivity index (χ2v) is 6.92. The Kier molecular flexibility index (Phi) is 3.28. The van der Waals surface area contributed by atoms with Crippen LogP contribution < -0.4 is 0 Å². The molecule has 1 aromatic heterocycles. The highest BCUT2D eigenvalue weighted by atomic mass is 32.1. The van der Waals surface area contributed by atoms with Gasteiger partial charge in [0.15, 0.2) is 0 Å². The van der Waals surface area contributed by atoms with Crippen LogP contribution >= 0.6 is 11.3 Å². The van der Waals surface area contributed by atoms with Crippen LogP contribution in [0.4, 0.5) is 0 Å².